The van der Waals surface area contributed by atoms with Gasteiger partial charge in [-0.1, -0.05) is 35.9 Å². The monoisotopic (exact) mass is 456 g/mol. The van der Waals surface area contributed by atoms with Gasteiger partial charge in [0.2, 0.25) is 0 Å². The Morgan fingerprint density at radius 3 is 2.73 bits per heavy atom. The Morgan fingerprint density at radius 1 is 1.03 bits per heavy atom. The molecule has 0 N–H and O–H groups in total. The number of para-hydroxylation sites is 1. The standard InChI is InChI=1S/C27H25ClN4O/c28-22-5-1-3-19(13-22)23-14-21-17-31(12-9-25(21)32(27(23)33)15-18-7-8-18)16-20-4-2-6-24-26(20)30-11-10-29-24/h1-6,10-11,13-14,18H,7-9,12,15-17H2. The lowest BCUT2D eigenvalue weighted by Crippen LogP contribution is -2.36. The topological polar surface area (TPSA) is 51.0 Å². The molecule has 1 aliphatic carbocycles. The number of nitrogens with zero attached hydrogens (tertiary/aromatic N) is 4. The highest BCUT2D eigenvalue weighted by Gasteiger charge is 2.27. The minimum atomic E-state index is 0.112. The lowest BCUT2D eigenvalue weighted by atomic mass is 9.98. The first kappa shape index (κ1) is 20.6. The molecule has 2 aromatic carbocycles. The van der Waals surface area contributed by atoms with Crippen LogP contribution < -0.4 is 5.56 Å². The molecule has 6 heteroatoms. The van der Waals surface area contributed by atoms with Crippen LogP contribution in [-0.2, 0) is 26.1 Å². The largest absolute Gasteiger partial charge is 0.311 e. The number of hydrogen-bond donors (Lipinski definition) is 0. The summed E-state index contributed by atoms with van der Waals surface area (Å²) in [5, 5.41) is 0.650. The molecule has 0 saturated heterocycles. The summed E-state index contributed by atoms with van der Waals surface area (Å²) < 4.78 is 2.06. The van der Waals surface area contributed by atoms with Crippen molar-refractivity contribution in [3.05, 3.63) is 93.1 Å². The number of benzene rings is 2. The van der Waals surface area contributed by atoms with Gasteiger partial charge in [0.15, 0.2) is 0 Å². The summed E-state index contributed by atoms with van der Waals surface area (Å²) >= 11 is 6.26. The maximum Gasteiger partial charge on any atom is 0.258 e. The van der Waals surface area contributed by atoms with Gasteiger partial charge in [-0.05, 0) is 59.7 Å². The van der Waals surface area contributed by atoms with Crippen LogP contribution in [-0.4, -0.2) is 26.0 Å². The molecule has 1 saturated carbocycles. The molecule has 6 rings (SSSR count). The zero-order valence-electron chi connectivity index (χ0n) is 18.4. The van der Waals surface area contributed by atoms with E-state index in [9.17, 15) is 4.79 Å². The molecule has 1 aliphatic heterocycles. The molecule has 0 spiro atoms. The van der Waals surface area contributed by atoms with Crippen molar-refractivity contribution < 1.29 is 0 Å². The summed E-state index contributed by atoms with van der Waals surface area (Å²) in [5.74, 6) is 0.633. The van der Waals surface area contributed by atoms with Crippen molar-refractivity contribution in [1.82, 2.24) is 19.4 Å². The Hall–Kier alpha value is -3.02. The molecule has 0 amide bonds. The second-order valence-electron chi connectivity index (χ2n) is 9.20. The van der Waals surface area contributed by atoms with Gasteiger partial charge in [-0.25, -0.2) is 0 Å². The summed E-state index contributed by atoms with van der Waals surface area (Å²) in [5.41, 5.74) is 7.26. The van der Waals surface area contributed by atoms with Crippen molar-refractivity contribution in [2.45, 2.75) is 38.9 Å². The molecular weight excluding hydrogens is 432 g/mol. The van der Waals surface area contributed by atoms with Crippen molar-refractivity contribution in [2.24, 2.45) is 5.92 Å². The van der Waals surface area contributed by atoms with Gasteiger partial charge in [-0.3, -0.25) is 19.7 Å². The van der Waals surface area contributed by atoms with E-state index in [-0.39, 0.29) is 5.56 Å². The van der Waals surface area contributed by atoms with Crippen LogP contribution in [0, 0.1) is 5.92 Å². The molecular formula is C27H25ClN4O. The summed E-state index contributed by atoms with van der Waals surface area (Å²) in [6.45, 7) is 3.37. The van der Waals surface area contributed by atoms with E-state index in [0.29, 0.717) is 10.9 Å². The zero-order valence-corrected chi connectivity index (χ0v) is 19.1. The molecule has 3 heterocycles. The van der Waals surface area contributed by atoms with Crippen molar-refractivity contribution in [3.63, 3.8) is 0 Å². The molecule has 2 aliphatic rings. The van der Waals surface area contributed by atoms with Crippen LogP contribution in [0.3, 0.4) is 0 Å². The van der Waals surface area contributed by atoms with Crippen LogP contribution in [0.25, 0.3) is 22.2 Å². The van der Waals surface area contributed by atoms with Crippen molar-refractivity contribution in [1.29, 1.82) is 0 Å². The van der Waals surface area contributed by atoms with E-state index in [0.717, 1.165) is 54.8 Å². The molecule has 0 bridgehead atoms. The maximum atomic E-state index is 13.5. The highest BCUT2D eigenvalue weighted by atomic mass is 35.5. The lowest BCUT2D eigenvalue weighted by molar-refractivity contribution is 0.240. The molecule has 1 fully saturated rings. The maximum absolute atomic E-state index is 13.5. The fourth-order valence-electron chi connectivity index (χ4n) is 4.95. The molecule has 33 heavy (non-hydrogen) atoms. The smallest absolute Gasteiger partial charge is 0.258 e. The predicted octanol–water partition coefficient (Wildman–Crippen LogP) is 5.08. The molecule has 0 atom stereocenters. The molecule has 0 radical (unpaired) electrons. The van der Waals surface area contributed by atoms with Crippen LogP contribution in [0.4, 0.5) is 0 Å². The SMILES string of the molecule is O=c1c(-c2cccc(Cl)c2)cc2c(n1CC1CC1)CCN(Cc1cccc3nccnc13)C2. The average Bonchev–Trinajstić information content (AvgIpc) is 3.65. The van der Waals surface area contributed by atoms with E-state index >= 15 is 0 Å². The molecule has 166 valence electrons. The summed E-state index contributed by atoms with van der Waals surface area (Å²) in [6.07, 6.45) is 6.81. The van der Waals surface area contributed by atoms with Crippen LogP contribution >= 0.6 is 11.6 Å². The summed E-state index contributed by atoms with van der Waals surface area (Å²) in [4.78, 5) is 25.0. The van der Waals surface area contributed by atoms with E-state index in [1.807, 2.05) is 30.3 Å². The van der Waals surface area contributed by atoms with Gasteiger partial charge in [0.25, 0.3) is 5.56 Å². The number of halogens is 1. The van der Waals surface area contributed by atoms with Crippen molar-refractivity contribution in [2.75, 3.05) is 6.54 Å². The normalized spacial score (nSPS) is 16.2. The van der Waals surface area contributed by atoms with Gasteiger partial charge in [-0.15, -0.1) is 0 Å². The van der Waals surface area contributed by atoms with Gasteiger partial charge < -0.3 is 4.57 Å². The number of hydrogen-bond acceptors (Lipinski definition) is 4. The Labute approximate surface area is 197 Å². The van der Waals surface area contributed by atoms with Gasteiger partial charge in [0.1, 0.15) is 0 Å². The summed E-state index contributed by atoms with van der Waals surface area (Å²) in [6, 6.07) is 15.9. The minimum absolute atomic E-state index is 0.112. The number of rotatable bonds is 5. The van der Waals surface area contributed by atoms with Crippen molar-refractivity contribution in [3.8, 4) is 11.1 Å². The van der Waals surface area contributed by atoms with E-state index in [2.05, 4.69) is 37.6 Å². The van der Waals surface area contributed by atoms with E-state index < -0.39 is 0 Å². The fourth-order valence-corrected chi connectivity index (χ4v) is 5.14. The lowest BCUT2D eigenvalue weighted by Gasteiger charge is -2.31. The van der Waals surface area contributed by atoms with E-state index in [1.54, 1.807) is 12.4 Å². The average molecular weight is 457 g/mol. The number of fused-ring (bicyclic) bond motifs is 2. The quantitative estimate of drug-likeness (QED) is 0.420. The fraction of sp³-hybridized carbons (Fsp3) is 0.296. The third-order valence-corrected chi connectivity index (χ3v) is 7.03. The van der Waals surface area contributed by atoms with Crippen molar-refractivity contribution >= 4 is 22.6 Å². The van der Waals surface area contributed by atoms with E-state index in [4.69, 9.17) is 11.6 Å². The number of pyridine rings is 1. The van der Waals surface area contributed by atoms with Crippen LogP contribution in [0.2, 0.25) is 5.02 Å². The van der Waals surface area contributed by atoms with Gasteiger partial charge in [0.05, 0.1) is 11.0 Å². The molecule has 5 nitrogen and oxygen atoms in total. The first-order valence-electron chi connectivity index (χ1n) is 11.6. The van der Waals surface area contributed by atoms with Crippen LogP contribution in [0.1, 0.15) is 29.7 Å². The third-order valence-electron chi connectivity index (χ3n) is 6.80. The van der Waals surface area contributed by atoms with Gasteiger partial charge in [0, 0.05) is 61.3 Å². The second kappa shape index (κ2) is 8.40. The van der Waals surface area contributed by atoms with E-state index in [1.165, 1.54) is 29.7 Å². The first-order chi connectivity index (χ1) is 16.2. The van der Waals surface area contributed by atoms with Gasteiger partial charge >= 0.3 is 0 Å². The Balaban J connectivity index is 1.38. The highest BCUT2D eigenvalue weighted by Crippen LogP contribution is 2.33. The Bertz CT molecular complexity index is 1400. The Morgan fingerprint density at radius 2 is 1.88 bits per heavy atom. The van der Waals surface area contributed by atoms with Crippen LogP contribution in [0.5, 0.6) is 0 Å². The Kier molecular flexibility index (Phi) is 5.24. The van der Waals surface area contributed by atoms with Gasteiger partial charge in [-0.2, -0.15) is 0 Å². The molecule has 0 unspecified atom stereocenters. The highest BCUT2D eigenvalue weighted by molar-refractivity contribution is 6.30. The molecule has 2 aromatic heterocycles. The molecule has 4 aromatic rings. The minimum Gasteiger partial charge on any atom is -0.311 e. The summed E-state index contributed by atoms with van der Waals surface area (Å²) in [7, 11) is 0. The second-order valence-corrected chi connectivity index (χ2v) is 9.64. The zero-order chi connectivity index (χ0) is 22.4. The predicted molar refractivity (Wildman–Crippen MR) is 131 cm³/mol. The number of aromatic nitrogens is 3. The van der Waals surface area contributed by atoms with Crippen LogP contribution in [0.15, 0.2) is 65.7 Å². The third kappa shape index (κ3) is 4.07. The first-order valence-corrected chi connectivity index (χ1v) is 12.0.